The lowest BCUT2D eigenvalue weighted by Crippen LogP contribution is -2.88. The van der Waals surface area contributed by atoms with Gasteiger partial charge >= 0.3 is 0 Å². The maximum absolute atomic E-state index is 5.41. The summed E-state index contributed by atoms with van der Waals surface area (Å²) in [5, 5.41) is 3.91. The smallest absolute Gasteiger partial charge is 0.130 e. The fourth-order valence-electron chi connectivity index (χ4n) is 4.19. The van der Waals surface area contributed by atoms with Crippen LogP contribution in [0.4, 0.5) is 0 Å². The van der Waals surface area contributed by atoms with Gasteiger partial charge in [-0.1, -0.05) is 11.6 Å². The van der Waals surface area contributed by atoms with Crippen LogP contribution in [0.5, 0.6) is 5.75 Å². The van der Waals surface area contributed by atoms with Crippen LogP contribution < -0.4 is 10.1 Å². The minimum atomic E-state index is 0.589. The molecule has 116 valence electrons. The Hall–Kier alpha value is -1.74. The molecule has 1 aromatic carbocycles. The number of quaternary nitrogens is 1. The maximum Gasteiger partial charge on any atom is 0.130 e. The molecule has 2 aromatic rings. The number of nitrogens with one attached hydrogen (secondary N) is 1. The molecule has 3 N–H and O–H groups in total. The lowest BCUT2D eigenvalue weighted by atomic mass is 9.81. The third-order valence-electron chi connectivity index (χ3n) is 5.48. The van der Waals surface area contributed by atoms with Crippen molar-refractivity contribution >= 4 is 10.9 Å². The molecule has 1 aliphatic carbocycles. The Bertz CT molecular complexity index is 728. The molecule has 0 amide bonds. The van der Waals surface area contributed by atoms with Gasteiger partial charge in [-0.25, -0.2) is 0 Å². The summed E-state index contributed by atoms with van der Waals surface area (Å²) < 4.78 is 5.41. The number of hydrogen-bond acceptors (Lipinski definition) is 1. The van der Waals surface area contributed by atoms with Gasteiger partial charge in [0, 0.05) is 23.2 Å². The Labute approximate surface area is 131 Å². The summed E-state index contributed by atoms with van der Waals surface area (Å²) in [4.78, 5) is 3.72. The van der Waals surface area contributed by atoms with E-state index < -0.39 is 0 Å². The summed E-state index contributed by atoms with van der Waals surface area (Å²) >= 11 is 0. The van der Waals surface area contributed by atoms with Crippen LogP contribution in [0.1, 0.15) is 43.5 Å². The molecule has 2 heterocycles. The van der Waals surface area contributed by atoms with Crippen LogP contribution in [-0.2, 0) is 6.42 Å². The standard InChI is InChI=1S/C19H24N2O/c1-12-3-5-13(6-4-12)18-19-15(9-10-20-18)16-11-14(22-2)7-8-17(16)21-19/h3,7-8,11,13,18,20-21H,4-6,9-10H2,1-2H3/p+1/t13-,18-/m0/s1. The van der Waals surface area contributed by atoms with Crippen LogP contribution in [0.25, 0.3) is 10.9 Å². The first kappa shape index (κ1) is 13.9. The zero-order valence-corrected chi connectivity index (χ0v) is 13.5. The maximum atomic E-state index is 5.41. The molecular formula is C19H25N2O+. The highest BCUT2D eigenvalue weighted by Gasteiger charge is 2.34. The number of aromatic nitrogens is 1. The van der Waals surface area contributed by atoms with E-state index in [1.54, 1.807) is 12.7 Å². The monoisotopic (exact) mass is 297 g/mol. The van der Waals surface area contributed by atoms with Crippen LogP contribution in [-0.4, -0.2) is 18.6 Å². The average Bonchev–Trinajstić information content (AvgIpc) is 2.93. The van der Waals surface area contributed by atoms with E-state index in [1.165, 1.54) is 48.0 Å². The van der Waals surface area contributed by atoms with Crippen LogP contribution in [0, 0.1) is 5.92 Å². The number of methoxy groups -OCH3 is 1. The SMILES string of the molecule is COc1ccc2[nH]c3c(c2c1)CC[NH2+][C@H]3[C@H]1CC=C(C)CC1. The van der Waals surface area contributed by atoms with Crippen molar-refractivity contribution in [1.82, 2.24) is 4.98 Å². The van der Waals surface area contributed by atoms with E-state index in [4.69, 9.17) is 4.74 Å². The number of benzene rings is 1. The topological polar surface area (TPSA) is 41.6 Å². The first-order valence-electron chi connectivity index (χ1n) is 8.43. The summed E-state index contributed by atoms with van der Waals surface area (Å²) in [6.07, 6.45) is 7.41. The Balaban J connectivity index is 1.75. The number of fused-ring (bicyclic) bond motifs is 3. The molecule has 4 rings (SSSR count). The zero-order valence-electron chi connectivity index (χ0n) is 13.5. The first-order valence-corrected chi connectivity index (χ1v) is 8.43. The molecule has 22 heavy (non-hydrogen) atoms. The molecule has 3 heteroatoms. The molecule has 2 atom stereocenters. The molecule has 0 saturated heterocycles. The van der Waals surface area contributed by atoms with Gasteiger partial charge in [-0.3, -0.25) is 0 Å². The number of nitrogens with two attached hydrogens (primary N) is 1. The number of rotatable bonds is 2. The Morgan fingerprint density at radius 3 is 2.95 bits per heavy atom. The molecule has 0 bridgehead atoms. The fourth-order valence-corrected chi connectivity index (χ4v) is 4.19. The number of allylic oxidation sites excluding steroid dienone is 2. The molecule has 0 unspecified atom stereocenters. The quantitative estimate of drug-likeness (QED) is 0.822. The molecule has 3 nitrogen and oxygen atoms in total. The first-order chi connectivity index (χ1) is 10.8. The van der Waals surface area contributed by atoms with Gasteiger partial charge in [0.25, 0.3) is 0 Å². The van der Waals surface area contributed by atoms with E-state index >= 15 is 0 Å². The van der Waals surface area contributed by atoms with Crippen molar-refractivity contribution in [2.45, 2.75) is 38.6 Å². The second kappa shape index (κ2) is 5.47. The van der Waals surface area contributed by atoms with E-state index in [1.807, 2.05) is 0 Å². The second-order valence-corrected chi connectivity index (χ2v) is 6.81. The van der Waals surface area contributed by atoms with Crippen molar-refractivity contribution in [1.29, 1.82) is 0 Å². The Morgan fingerprint density at radius 2 is 2.18 bits per heavy atom. The van der Waals surface area contributed by atoms with Gasteiger partial charge in [0.15, 0.2) is 0 Å². The van der Waals surface area contributed by atoms with Crippen molar-refractivity contribution in [3.05, 3.63) is 41.1 Å². The summed E-state index contributed by atoms with van der Waals surface area (Å²) in [7, 11) is 1.74. The molecule has 2 aliphatic rings. The van der Waals surface area contributed by atoms with Crippen LogP contribution in [0.3, 0.4) is 0 Å². The number of aromatic amines is 1. The van der Waals surface area contributed by atoms with Gasteiger partial charge in [0.05, 0.1) is 19.3 Å². The van der Waals surface area contributed by atoms with E-state index in [0.717, 1.165) is 18.1 Å². The molecule has 0 fully saturated rings. The lowest BCUT2D eigenvalue weighted by molar-refractivity contribution is -0.706. The van der Waals surface area contributed by atoms with E-state index in [-0.39, 0.29) is 0 Å². The highest BCUT2D eigenvalue weighted by Crippen LogP contribution is 2.37. The minimum absolute atomic E-state index is 0.589. The Kier molecular flexibility index (Phi) is 3.45. The highest BCUT2D eigenvalue weighted by atomic mass is 16.5. The van der Waals surface area contributed by atoms with E-state index in [0.29, 0.717) is 6.04 Å². The number of ether oxygens (including phenoxy) is 1. The highest BCUT2D eigenvalue weighted by molar-refractivity contribution is 5.86. The summed E-state index contributed by atoms with van der Waals surface area (Å²) in [6.45, 7) is 3.46. The van der Waals surface area contributed by atoms with Gasteiger partial charge in [0.1, 0.15) is 11.8 Å². The second-order valence-electron chi connectivity index (χ2n) is 6.81. The number of H-pyrrole nitrogens is 1. The van der Waals surface area contributed by atoms with Gasteiger partial charge in [-0.15, -0.1) is 0 Å². The van der Waals surface area contributed by atoms with Crippen molar-refractivity contribution in [3.63, 3.8) is 0 Å². The largest absolute Gasteiger partial charge is 0.497 e. The summed E-state index contributed by atoms with van der Waals surface area (Å²) in [6, 6.07) is 6.99. The summed E-state index contributed by atoms with van der Waals surface area (Å²) in [5.74, 6) is 1.72. The molecule has 0 saturated carbocycles. The van der Waals surface area contributed by atoms with Gasteiger partial charge in [-0.2, -0.15) is 0 Å². The predicted molar refractivity (Wildman–Crippen MR) is 89.2 cm³/mol. The molecule has 1 aromatic heterocycles. The fraction of sp³-hybridized carbons (Fsp3) is 0.474. The molecule has 0 spiro atoms. The van der Waals surface area contributed by atoms with Crippen molar-refractivity contribution < 1.29 is 10.1 Å². The van der Waals surface area contributed by atoms with E-state index in [9.17, 15) is 0 Å². The third-order valence-corrected chi connectivity index (χ3v) is 5.48. The molecular weight excluding hydrogens is 272 g/mol. The predicted octanol–water partition coefficient (Wildman–Crippen LogP) is 3.08. The molecule has 0 radical (unpaired) electrons. The van der Waals surface area contributed by atoms with Crippen LogP contribution >= 0.6 is 0 Å². The molecule has 1 aliphatic heterocycles. The van der Waals surface area contributed by atoms with Crippen LogP contribution in [0.2, 0.25) is 0 Å². The summed E-state index contributed by atoms with van der Waals surface area (Å²) in [5.41, 5.74) is 5.81. The van der Waals surface area contributed by atoms with Gasteiger partial charge in [0.2, 0.25) is 0 Å². The normalized spacial score (nSPS) is 24.9. The van der Waals surface area contributed by atoms with Crippen molar-refractivity contribution in [2.75, 3.05) is 13.7 Å². The third kappa shape index (κ3) is 2.24. The van der Waals surface area contributed by atoms with Gasteiger partial charge < -0.3 is 15.0 Å². The van der Waals surface area contributed by atoms with Crippen molar-refractivity contribution in [3.8, 4) is 5.75 Å². The number of hydrogen-bond donors (Lipinski definition) is 2. The van der Waals surface area contributed by atoms with Crippen molar-refractivity contribution in [2.24, 2.45) is 5.92 Å². The average molecular weight is 297 g/mol. The zero-order chi connectivity index (χ0) is 15.1. The van der Waals surface area contributed by atoms with Crippen LogP contribution in [0.15, 0.2) is 29.8 Å². The Morgan fingerprint density at radius 1 is 1.27 bits per heavy atom. The van der Waals surface area contributed by atoms with E-state index in [2.05, 4.69) is 41.5 Å². The van der Waals surface area contributed by atoms with Gasteiger partial charge in [-0.05, 0) is 49.9 Å². The lowest BCUT2D eigenvalue weighted by Gasteiger charge is -2.30. The minimum Gasteiger partial charge on any atom is -0.497 e.